The largest absolute Gasteiger partial charge is 0.476 e. The average molecular weight is 511 g/mol. The minimum absolute atomic E-state index is 0.00323. The Hall–Kier alpha value is -3.92. The fourth-order valence-electron chi connectivity index (χ4n) is 3.22. The smallest absolute Gasteiger partial charge is 0.349 e. The van der Waals surface area contributed by atoms with Gasteiger partial charge in [-0.15, -0.1) is 0 Å². The Kier molecular flexibility index (Phi) is 6.49. The summed E-state index contributed by atoms with van der Waals surface area (Å²) in [6.07, 6.45) is 1.48. The summed E-state index contributed by atoms with van der Waals surface area (Å²) in [5, 5.41) is 0.459. The first kappa shape index (κ1) is 24.2. The fraction of sp³-hybridized carbons (Fsp3) is 0.0833. The van der Waals surface area contributed by atoms with E-state index in [4.69, 9.17) is 21.1 Å². The molecule has 0 fully saturated rings. The molecule has 0 bridgehead atoms. The van der Waals surface area contributed by atoms with Gasteiger partial charge in [0.1, 0.15) is 11.5 Å². The minimum atomic E-state index is -2.36. The number of benzene rings is 3. The topological polar surface area (TPSA) is 61.8 Å². The number of hydrogen-bond acceptors (Lipinski definition) is 5. The van der Waals surface area contributed by atoms with Crippen LogP contribution < -0.4 is 14.2 Å². The number of hydrogen-bond donors (Lipinski definition) is 0. The van der Waals surface area contributed by atoms with E-state index in [2.05, 4.69) is 4.74 Å². The summed E-state index contributed by atoms with van der Waals surface area (Å²) < 4.78 is 82.2. The second-order valence-electron chi connectivity index (χ2n) is 7.22. The van der Waals surface area contributed by atoms with Gasteiger partial charge in [-0.25, -0.2) is 18.0 Å². The van der Waals surface area contributed by atoms with Crippen molar-refractivity contribution in [2.24, 2.45) is 0 Å². The predicted molar refractivity (Wildman–Crippen MR) is 113 cm³/mol. The van der Waals surface area contributed by atoms with Crippen molar-refractivity contribution in [1.29, 1.82) is 0 Å². The molecule has 1 aliphatic heterocycles. The lowest BCUT2D eigenvalue weighted by Crippen LogP contribution is -2.20. The second kappa shape index (κ2) is 9.38. The van der Waals surface area contributed by atoms with E-state index in [1.807, 2.05) is 0 Å². The van der Waals surface area contributed by atoms with E-state index in [1.54, 1.807) is 24.3 Å². The van der Waals surface area contributed by atoms with E-state index in [1.165, 1.54) is 25.1 Å². The monoisotopic (exact) mass is 510 g/mol. The molecule has 3 aromatic carbocycles. The summed E-state index contributed by atoms with van der Waals surface area (Å²) in [6.45, 7) is 0.316. The molecule has 1 heterocycles. The molecule has 0 aliphatic carbocycles. The molecule has 11 heteroatoms. The number of allylic oxidation sites excluding steroid dienone is 1. The highest BCUT2D eigenvalue weighted by Gasteiger charge is 2.31. The molecule has 0 spiro atoms. The van der Waals surface area contributed by atoms with Gasteiger partial charge in [0.15, 0.2) is 18.1 Å². The van der Waals surface area contributed by atoms with Crippen molar-refractivity contribution in [1.82, 2.24) is 0 Å². The van der Waals surface area contributed by atoms with Crippen LogP contribution in [0.1, 0.15) is 21.5 Å². The van der Waals surface area contributed by atoms with Gasteiger partial charge in [-0.1, -0.05) is 23.7 Å². The Bertz CT molecular complexity index is 1390. The molecule has 0 radical (unpaired) electrons. The van der Waals surface area contributed by atoms with Crippen molar-refractivity contribution in [3.05, 3.63) is 93.0 Å². The van der Waals surface area contributed by atoms with Crippen LogP contribution in [0.4, 0.5) is 22.0 Å². The molecule has 0 N–H and O–H groups in total. The van der Waals surface area contributed by atoms with Gasteiger partial charge >= 0.3 is 5.97 Å². The van der Waals surface area contributed by atoms with E-state index in [0.29, 0.717) is 10.6 Å². The zero-order valence-electron chi connectivity index (χ0n) is 17.6. The van der Waals surface area contributed by atoms with Crippen LogP contribution in [0.5, 0.6) is 17.2 Å². The highest BCUT2D eigenvalue weighted by Crippen LogP contribution is 2.39. The quantitative estimate of drug-likeness (QED) is 0.106. The van der Waals surface area contributed by atoms with Crippen LogP contribution in [-0.4, -0.2) is 18.4 Å². The van der Waals surface area contributed by atoms with Crippen molar-refractivity contribution in [3.8, 4) is 17.2 Å². The first-order valence-electron chi connectivity index (χ1n) is 9.76. The Balaban J connectivity index is 1.50. The molecule has 0 saturated heterocycles. The third kappa shape index (κ3) is 4.57. The number of esters is 1. The molecule has 0 saturated carbocycles. The summed E-state index contributed by atoms with van der Waals surface area (Å²) in [6, 6.07) is 9.32. The Morgan fingerprint density at radius 2 is 1.66 bits per heavy atom. The van der Waals surface area contributed by atoms with Crippen LogP contribution >= 0.6 is 11.6 Å². The number of fused-ring (bicyclic) bond motifs is 1. The first-order chi connectivity index (χ1) is 16.6. The molecule has 3 aromatic rings. The molecule has 0 atom stereocenters. The van der Waals surface area contributed by atoms with Crippen molar-refractivity contribution in [2.75, 3.05) is 6.61 Å². The maximum absolute atomic E-state index is 13.7. The maximum atomic E-state index is 13.7. The molecular weight excluding hydrogens is 499 g/mol. The lowest BCUT2D eigenvalue weighted by molar-refractivity contribution is -0.136. The number of carbonyl (C=O) groups is 2. The van der Waals surface area contributed by atoms with Crippen LogP contribution in [0.3, 0.4) is 0 Å². The van der Waals surface area contributed by atoms with Gasteiger partial charge in [-0.3, -0.25) is 4.79 Å². The van der Waals surface area contributed by atoms with Crippen molar-refractivity contribution >= 4 is 29.4 Å². The molecule has 180 valence electrons. The van der Waals surface area contributed by atoms with E-state index in [0.717, 1.165) is 0 Å². The molecule has 0 unspecified atom stereocenters. The van der Waals surface area contributed by atoms with E-state index in [9.17, 15) is 31.5 Å². The van der Waals surface area contributed by atoms with E-state index in [-0.39, 0.29) is 28.4 Å². The number of ether oxygens (including phenoxy) is 3. The predicted octanol–water partition coefficient (Wildman–Crippen LogP) is 5.94. The number of ketones is 1. The van der Waals surface area contributed by atoms with Crippen LogP contribution in [0.25, 0.3) is 6.08 Å². The normalized spacial score (nSPS) is 13.6. The van der Waals surface area contributed by atoms with E-state index < -0.39 is 53.2 Å². The van der Waals surface area contributed by atoms with Crippen LogP contribution in [0.2, 0.25) is 5.02 Å². The number of halogens is 6. The van der Waals surface area contributed by atoms with E-state index >= 15 is 0 Å². The highest BCUT2D eigenvalue weighted by atomic mass is 35.5. The van der Waals surface area contributed by atoms with Gasteiger partial charge in [-0.05, 0) is 42.8 Å². The minimum Gasteiger partial charge on any atom is -0.476 e. The van der Waals surface area contributed by atoms with Gasteiger partial charge in [-0.2, -0.15) is 8.78 Å². The fourth-order valence-corrected chi connectivity index (χ4v) is 3.42. The zero-order valence-corrected chi connectivity index (χ0v) is 18.3. The number of Topliss-reactive ketones (excluding diaryl/α,β-unsaturated/α-hetero) is 1. The second-order valence-corrected chi connectivity index (χ2v) is 7.66. The summed E-state index contributed by atoms with van der Waals surface area (Å²) in [5.41, 5.74) is 1.06. The summed E-state index contributed by atoms with van der Waals surface area (Å²) >= 11 is 5.95. The van der Waals surface area contributed by atoms with Crippen LogP contribution in [-0.2, 0) is 4.79 Å². The SMILES string of the molecule is Cc1c(OC(=O)COc2c(F)c(F)c(F)c(F)c2F)ccc2c1O/C(=C\c1cccc(Cl)c1)C2=O. The van der Waals surface area contributed by atoms with Crippen molar-refractivity contribution in [2.45, 2.75) is 6.92 Å². The summed E-state index contributed by atoms with van der Waals surface area (Å²) in [5.74, 6) is -14.5. The third-order valence-electron chi connectivity index (χ3n) is 4.91. The van der Waals surface area contributed by atoms with Crippen LogP contribution in [0, 0.1) is 36.0 Å². The van der Waals surface area contributed by atoms with Gasteiger partial charge in [0, 0.05) is 10.6 Å². The molecular formula is C24H12ClF5O5. The van der Waals surface area contributed by atoms with Gasteiger partial charge in [0.05, 0.1) is 5.56 Å². The van der Waals surface area contributed by atoms with Gasteiger partial charge in [0.25, 0.3) is 0 Å². The first-order valence-corrected chi connectivity index (χ1v) is 10.1. The van der Waals surface area contributed by atoms with Crippen molar-refractivity contribution in [3.63, 3.8) is 0 Å². The standard InChI is InChI=1S/C24H12ClF5O5/c1-10-14(34-16(31)9-33-24-20(29)18(27)17(26)19(28)21(24)30)6-5-13-22(32)15(35-23(10)13)8-11-3-2-4-12(25)7-11/h2-8H,9H2,1H3/b15-8-. The van der Waals surface area contributed by atoms with Gasteiger partial charge < -0.3 is 14.2 Å². The van der Waals surface area contributed by atoms with Gasteiger partial charge in [0.2, 0.25) is 34.9 Å². The number of carbonyl (C=O) groups excluding carboxylic acids is 2. The zero-order chi connectivity index (χ0) is 25.4. The van der Waals surface area contributed by atoms with Crippen LogP contribution in [0.15, 0.2) is 42.2 Å². The molecule has 1 aliphatic rings. The lowest BCUT2D eigenvalue weighted by Gasteiger charge is -2.12. The summed E-state index contributed by atoms with van der Waals surface area (Å²) in [4.78, 5) is 24.8. The molecule has 0 amide bonds. The highest BCUT2D eigenvalue weighted by molar-refractivity contribution is 6.30. The molecule has 35 heavy (non-hydrogen) atoms. The number of rotatable bonds is 5. The third-order valence-corrected chi connectivity index (χ3v) is 5.15. The Morgan fingerprint density at radius 1 is 1.00 bits per heavy atom. The van der Waals surface area contributed by atoms with Crippen molar-refractivity contribution < 1.29 is 45.8 Å². The Labute approximate surface area is 199 Å². The average Bonchev–Trinajstić information content (AvgIpc) is 3.14. The maximum Gasteiger partial charge on any atom is 0.349 e. The molecule has 5 nitrogen and oxygen atoms in total. The summed E-state index contributed by atoms with van der Waals surface area (Å²) in [7, 11) is 0. The molecule has 0 aromatic heterocycles. The Morgan fingerprint density at radius 3 is 2.31 bits per heavy atom. The lowest BCUT2D eigenvalue weighted by atomic mass is 10.1. The molecule has 4 rings (SSSR count).